The van der Waals surface area contributed by atoms with Crippen molar-refractivity contribution < 1.29 is 17.2 Å². The fourth-order valence-electron chi connectivity index (χ4n) is 1.71. The lowest BCUT2D eigenvalue weighted by Crippen LogP contribution is -2.28. The van der Waals surface area contributed by atoms with Gasteiger partial charge in [0.1, 0.15) is 5.82 Å². The summed E-state index contributed by atoms with van der Waals surface area (Å²) in [7, 11) is -2.50. The van der Waals surface area contributed by atoms with Crippen molar-refractivity contribution in [2.75, 3.05) is 7.05 Å². The molecular formula is C12H12ClF2N3O2S. The molecule has 0 atom stereocenters. The Morgan fingerprint density at radius 3 is 2.52 bits per heavy atom. The average molecular weight is 336 g/mol. The van der Waals surface area contributed by atoms with E-state index in [1.54, 1.807) is 0 Å². The van der Waals surface area contributed by atoms with E-state index in [0.29, 0.717) is 9.59 Å². The van der Waals surface area contributed by atoms with Gasteiger partial charge < -0.3 is 0 Å². The van der Waals surface area contributed by atoms with Crippen LogP contribution in [0.4, 0.5) is 8.78 Å². The Labute approximate surface area is 125 Å². The zero-order chi connectivity index (χ0) is 15.6. The minimum atomic E-state index is -3.80. The Morgan fingerprint density at radius 2 is 1.95 bits per heavy atom. The molecule has 1 aromatic carbocycles. The second kappa shape index (κ2) is 6.08. The van der Waals surface area contributed by atoms with E-state index in [-0.39, 0.29) is 17.3 Å². The third kappa shape index (κ3) is 3.39. The third-order valence-electron chi connectivity index (χ3n) is 2.85. The van der Waals surface area contributed by atoms with E-state index < -0.39 is 16.6 Å². The number of nitrogens with zero attached hydrogens (tertiary/aromatic N) is 3. The lowest BCUT2D eigenvalue weighted by Gasteiger charge is -2.17. The molecule has 114 valence electrons. The number of halogens is 3. The van der Waals surface area contributed by atoms with Crippen molar-refractivity contribution in [2.45, 2.75) is 18.0 Å². The van der Waals surface area contributed by atoms with Crippen LogP contribution < -0.4 is 0 Å². The van der Waals surface area contributed by atoms with Gasteiger partial charge in [-0.2, -0.15) is 13.1 Å². The molecule has 1 aromatic heterocycles. The van der Waals surface area contributed by atoms with E-state index in [4.69, 9.17) is 11.6 Å². The van der Waals surface area contributed by atoms with Gasteiger partial charge in [0, 0.05) is 24.5 Å². The molecule has 0 aliphatic rings. The Morgan fingerprint density at radius 1 is 1.33 bits per heavy atom. The second-order valence-corrected chi connectivity index (χ2v) is 6.72. The molecule has 5 nitrogen and oxygen atoms in total. The molecule has 0 spiro atoms. The van der Waals surface area contributed by atoms with Gasteiger partial charge in [-0.05, 0) is 24.3 Å². The van der Waals surface area contributed by atoms with Crippen molar-refractivity contribution in [3.63, 3.8) is 0 Å². The van der Waals surface area contributed by atoms with Gasteiger partial charge in [-0.1, -0.05) is 11.6 Å². The van der Waals surface area contributed by atoms with Crippen molar-refractivity contribution in [3.05, 3.63) is 47.5 Å². The zero-order valence-electron chi connectivity index (χ0n) is 10.9. The van der Waals surface area contributed by atoms with Crippen LogP contribution in [0.25, 0.3) is 0 Å². The predicted molar refractivity (Wildman–Crippen MR) is 73.6 cm³/mol. The number of rotatable bonds is 5. The summed E-state index contributed by atoms with van der Waals surface area (Å²) in [4.78, 5) is 3.79. The minimum absolute atomic E-state index is 0.0320. The van der Waals surface area contributed by atoms with Gasteiger partial charge in [-0.25, -0.2) is 13.4 Å². The summed E-state index contributed by atoms with van der Waals surface area (Å²) in [5, 5.41) is 0.407. The predicted octanol–water partition coefficient (Wildman–Crippen LogP) is 2.75. The summed E-state index contributed by atoms with van der Waals surface area (Å²) in [5.41, 5.74) is 0. The van der Waals surface area contributed by atoms with Gasteiger partial charge in [0.05, 0.1) is 11.4 Å². The third-order valence-corrected chi connectivity index (χ3v) is 4.91. The average Bonchev–Trinajstić information content (AvgIpc) is 2.87. The van der Waals surface area contributed by atoms with Crippen LogP contribution >= 0.6 is 11.6 Å². The number of alkyl halides is 2. The first-order chi connectivity index (χ1) is 9.82. The molecule has 0 saturated carbocycles. The van der Waals surface area contributed by atoms with Gasteiger partial charge >= 0.3 is 6.55 Å². The number of imidazole rings is 1. The van der Waals surface area contributed by atoms with Crippen LogP contribution in [-0.2, 0) is 16.6 Å². The normalized spacial score (nSPS) is 12.3. The monoisotopic (exact) mass is 335 g/mol. The molecule has 0 fully saturated rings. The fourth-order valence-corrected chi connectivity index (χ4v) is 2.97. The molecule has 0 aliphatic carbocycles. The van der Waals surface area contributed by atoms with Crippen molar-refractivity contribution >= 4 is 21.6 Å². The molecule has 0 bridgehead atoms. The van der Waals surface area contributed by atoms with Gasteiger partial charge in [0.15, 0.2) is 0 Å². The van der Waals surface area contributed by atoms with Crippen LogP contribution in [0.1, 0.15) is 12.4 Å². The van der Waals surface area contributed by atoms with E-state index >= 15 is 0 Å². The molecule has 1 heterocycles. The molecule has 9 heteroatoms. The molecule has 0 aliphatic heterocycles. The van der Waals surface area contributed by atoms with Crippen LogP contribution in [0.3, 0.4) is 0 Å². The number of hydrogen-bond donors (Lipinski definition) is 0. The first kappa shape index (κ1) is 15.9. The maximum absolute atomic E-state index is 12.7. The standard InChI is InChI=1S/C12H12ClF2N3O2S/c1-17(8-11-16-6-7-18(11)12(14)15)21(19,20)10-4-2-9(13)3-5-10/h2-7,12H,8H2,1H3. The van der Waals surface area contributed by atoms with Gasteiger partial charge in [0.25, 0.3) is 0 Å². The highest BCUT2D eigenvalue weighted by atomic mass is 35.5. The summed E-state index contributed by atoms with van der Waals surface area (Å²) in [6, 6.07) is 5.60. The molecule has 0 unspecified atom stereocenters. The molecule has 0 radical (unpaired) electrons. The largest absolute Gasteiger partial charge is 0.319 e. The van der Waals surface area contributed by atoms with Crippen LogP contribution in [-0.4, -0.2) is 29.3 Å². The van der Waals surface area contributed by atoms with Crippen LogP contribution in [0, 0.1) is 0 Å². The van der Waals surface area contributed by atoms with E-state index in [1.807, 2.05) is 0 Å². The maximum Gasteiger partial charge on any atom is 0.319 e. The minimum Gasteiger partial charge on any atom is -0.277 e. The summed E-state index contributed by atoms with van der Waals surface area (Å²) in [6.07, 6.45) is 2.30. The SMILES string of the molecule is CN(Cc1nccn1C(F)F)S(=O)(=O)c1ccc(Cl)cc1. The Balaban J connectivity index is 2.24. The van der Waals surface area contributed by atoms with Gasteiger partial charge in [-0.3, -0.25) is 4.57 Å². The molecular weight excluding hydrogens is 324 g/mol. The summed E-state index contributed by atoms with van der Waals surface area (Å²) in [6.45, 7) is -3.03. The molecule has 0 amide bonds. The van der Waals surface area contributed by atoms with Crippen molar-refractivity contribution in [2.24, 2.45) is 0 Å². The topological polar surface area (TPSA) is 55.2 Å². The number of hydrogen-bond acceptors (Lipinski definition) is 3. The highest BCUT2D eigenvalue weighted by Crippen LogP contribution is 2.20. The van der Waals surface area contributed by atoms with E-state index in [2.05, 4.69) is 4.98 Å². The molecule has 21 heavy (non-hydrogen) atoms. The van der Waals surface area contributed by atoms with Crippen molar-refractivity contribution in [1.82, 2.24) is 13.9 Å². The lowest BCUT2D eigenvalue weighted by molar-refractivity contribution is 0.0658. The van der Waals surface area contributed by atoms with Crippen molar-refractivity contribution in [3.8, 4) is 0 Å². The number of sulfonamides is 1. The van der Waals surface area contributed by atoms with Gasteiger partial charge in [-0.15, -0.1) is 0 Å². The number of aromatic nitrogens is 2. The molecule has 0 saturated heterocycles. The van der Waals surface area contributed by atoms with E-state index in [1.165, 1.54) is 37.5 Å². The number of benzene rings is 1. The fraction of sp³-hybridized carbons (Fsp3) is 0.250. The molecule has 2 aromatic rings. The van der Waals surface area contributed by atoms with Crippen molar-refractivity contribution in [1.29, 1.82) is 0 Å². The summed E-state index contributed by atoms with van der Waals surface area (Å²) >= 11 is 5.71. The molecule has 0 N–H and O–H groups in total. The lowest BCUT2D eigenvalue weighted by atomic mass is 10.4. The molecule has 2 rings (SSSR count). The Hall–Kier alpha value is -1.51. The van der Waals surface area contributed by atoms with Gasteiger partial charge in [0.2, 0.25) is 10.0 Å². The highest BCUT2D eigenvalue weighted by molar-refractivity contribution is 7.89. The first-order valence-electron chi connectivity index (χ1n) is 5.84. The zero-order valence-corrected chi connectivity index (χ0v) is 12.5. The van der Waals surface area contributed by atoms with E-state index in [9.17, 15) is 17.2 Å². The highest BCUT2D eigenvalue weighted by Gasteiger charge is 2.23. The second-order valence-electron chi connectivity index (χ2n) is 4.24. The maximum atomic E-state index is 12.7. The Kier molecular flexibility index (Phi) is 4.60. The Bertz CT molecular complexity index is 716. The quantitative estimate of drug-likeness (QED) is 0.844. The smallest absolute Gasteiger partial charge is 0.277 e. The first-order valence-corrected chi connectivity index (χ1v) is 7.66. The summed E-state index contributed by atoms with van der Waals surface area (Å²) in [5.74, 6) is -0.0370. The summed E-state index contributed by atoms with van der Waals surface area (Å²) < 4.78 is 51.6. The van der Waals surface area contributed by atoms with Crippen LogP contribution in [0.5, 0.6) is 0 Å². The van der Waals surface area contributed by atoms with Crippen LogP contribution in [0.2, 0.25) is 5.02 Å². The van der Waals surface area contributed by atoms with E-state index in [0.717, 1.165) is 10.5 Å². The van der Waals surface area contributed by atoms with Crippen LogP contribution in [0.15, 0.2) is 41.6 Å².